The van der Waals surface area contributed by atoms with E-state index in [0.717, 1.165) is 20.1 Å². The van der Waals surface area contributed by atoms with Gasteiger partial charge in [0.1, 0.15) is 17.3 Å². The van der Waals surface area contributed by atoms with E-state index in [9.17, 15) is 0 Å². The first-order valence-electron chi connectivity index (χ1n) is 5.53. The second kappa shape index (κ2) is 6.50. The van der Waals surface area contributed by atoms with Crippen LogP contribution in [0.5, 0.6) is 5.75 Å². The highest BCUT2D eigenvalue weighted by Gasteiger charge is 2.07. The number of ether oxygens (including phenoxy) is 1. The SMILES string of the molecule is NC(=S)c1cc(Br)ccc1OCc1ccc(Br)cc1. The monoisotopic (exact) mass is 399 g/mol. The van der Waals surface area contributed by atoms with Gasteiger partial charge in [0.2, 0.25) is 0 Å². The summed E-state index contributed by atoms with van der Waals surface area (Å²) in [4.78, 5) is 0.326. The molecule has 98 valence electrons. The molecule has 0 saturated carbocycles. The molecule has 5 heteroatoms. The third-order valence-electron chi connectivity index (χ3n) is 2.51. The summed E-state index contributed by atoms with van der Waals surface area (Å²) in [6.45, 7) is 0.477. The van der Waals surface area contributed by atoms with Crippen LogP contribution >= 0.6 is 44.1 Å². The van der Waals surface area contributed by atoms with Gasteiger partial charge in [0.25, 0.3) is 0 Å². The minimum atomic E-state index is 0.326. The van der Waals surface area contributed by atoms with E-state index in [1.165, 1.54) is 0 Å². The lowest BCUT2D eigenvalue weighted by Crippen LogP contribution is -2.11. The van der Waals surface area contributed by atoms with Crippen LogP contribution in [0, 0.1) is 0 Å². The highest BCUT2D eigenvalue weighted by molar-refractivity contribution is 9.10. The van der Waals surface area contributed by atoms with Gasteiger partial charge < -0.3 is 10.5 Å². The third kappa shape index (κ3) is 4.03. The van der Waals surface area contributed by atoms with E-state index in [1.807, 2.05) is 42.5 Å². The Bertz CT molecular complexity index is 599. The van der Waals surface area contributed by atoms with Crippen molar-refractivity contribution in [2.45, 2.75) is 6.61 Å². The van der Waals surface area contributed by atoms with Crippen LogP contribution in [0.3, 0.4) is 0 Å². The Labute approximate surface area is 134 Å². The number of hydrogen-bond acceptors (Lipinski definition) is 2. The molecule has 2 nitrogen and oxygen atoms in total. The van der Waals surface area contributed by atoms with Crippen LogP contribution in [-0.4, -0.2) is 4.99 Å². The van der Waals surface area contributed by atoms with Crippen molar-refractivity contribution in [1.29, 1.82) is 0 Å². The first kappa shape index (κ1) is 14.5. The van der Waals surface area contributed by atoms with E-state index in [-0.39, 0.29) is 0 Å². The van der Waals surface area contributed by atoms with Crippen molar-refractivity contribution in [3.8, 4) is 5.75 Å². The molecule has 2 rings (SSSR count). The molecule has 0 aliphatic heterocycles. The number of nitrogens with two attached hydrogens (primary N) is 1. The molecule has 0 saturated heterocycles. The van der Waals surface area contributed by atoms with Gasteiger partial charge in [-0.25, -0.2) is 0 Å². The molecule has 2 aromatic rings. The van der Waals surface area contributed by atoms with Crippen molar-refractivity contribution in [3.63, 3.8) is 0 Å². The minimum Gasteiger partial charge on any atom is -0.488 e. The molecule has 0 atom stereocenters. The highest BCUT2D eigenvalue weighted by atomic mass is 79.9. The molecule has 0 fully saturated rings. The zero-order valence-corrected chi connectivity index (χ0v) is 13.9. The van der Waals surface area contributed by atoms with Crippen LogP contribution in [0.4, 0.5) is 0 Å². The molecule has 2 aromatic carbocycles. The largest absolute Gasteiger partial charge is 0.488 e. The minimum absolute atomic E-state index is 0.326. The van der Waals surface area contributed by atoms with E-state index >= 15 is 0 Å². The van der Waals surface area contributed by atoms with E-state index in [1.54, 1.807) is 0 Å². The fraction of sp³-hybridized carbons (Fsp3) is 0.0714. The third-order valence-corrected chi connectivity index (χ3v) is 3.76. The molecule has 19 heavy (non-hydrogen) atoms. The zero-order chi connectivity index (χ0) is 13.8. The standard InChI is InChI=1S/C14H11Br2NOS/c15-10-3-1-9(2-4-10)8-18-13-6-5-11(16)7-12(13)14(17)19/h1-7H,8H2,(H2,17,19). The lowest BCUT2D eigenvalue weighted by atomic mass is 10.2. The summed E-state index contributed by atoms with van der Waals surface area (Å²) in [5, 5.41) is 0. The Balaban J connectivity index is 2.15. The van der Waals surface area contributed by atoms with Gasteiger partial charge in [-0.3, -0.25) is 0 Å². The van der Waals surface area contributed by atoms with Gasteiger partial charge >= 0.3 is 0 Å². The molecule has 0 aliphatic carbocycles. The van der Waals surface area contributed by atoms with Gasteiger partial charge in [-0.1, -0.05) is 56.2 Å². The van der Waals surface area contributed by atoms with Crippen molar-refractivity contribution >= 4 is 49.1 Å². The number of thiocarbonyl (C=S) groups is 1. The number of benzene rings is 2. The van der Waals surface area contributed by atoms with Crippen molar-refractivity contribution < 1.29 is 4.74 Å². The molecule has 0 heterocycles. The average Bonchev–Trinajstić information content (AvgIpc) is 2.39. The summed E-state index contributed by atoms with van der Waals surface area (Å²) in [7, 11) is 0. The summed E-state index contributed by atoms with van der Waals surface area (Å²) in [6, 6.07) is 13.6. The van der Waals surface area contributed by atoms with Crippen molar-refractivity contribution in [1.82, 2.24) is 0 Å². The Morgan fingerprint density at radius 2 is 1.68 bits per heavy atom. The Hall–Kier alpha value is -0.910. The van der Waals surface area contributed by atoms with Gasteiger partial charge in [-0.15, -0.1) is 0 Å². The van der Waals surface area contributed by atoms with Crippen LogP contribution in [-0.2, 0) is 6.61 Å². The van der Waals surface area contributed by atoms with Gasteiger partial charge in [0, 0.05) is 8.95 Å². The first-order chi connectivity index (χ1) is 9.06. The fourth-order valence-corrected chi connectivity index (χ4v) is 2.35. The number of halogens is 2. The van der Waals surface area contributed by atoms with Gasteiger partial charge in [-0.05, 0) is 35.9 Å². The van der Waals surface area contributed by atoms with Crippen molar-refractivity contribution in [3.05, 3.63) is 62.5 Å². The van der Waals surface area contributed by atoms with Gasteiger partial charge in [0.15, 0.2) is 0 Å². The van der Waals surface area contributed by atoms with Gasteiger partial charge in [0.05, 0.1) is 5.56 Å². The summed E-state index contributed by atoms with van der Waals surface area (Å²) in [5.41, 5.74) is 7.52. The van der Waals surface area contributed by atoms with Crippen molar-refractivity contribution in [2.24, 2.45) is 5.73 Å². The molecule has 0 amide bonds. The fourth-order valence-electron chi connectivity index (χ4n) is 1.56. The molecule has 0 spiro atoms. The quantitative estimate of drug-likeness (QED) is 0.771. The Morgan fingerprint density at radius 3 is 2.32 bits per heavy atom. The van der Waals surface area contributed by atoms with Crippen LogP contribution in [0.15, 0.2) is 51.4 Å². The smallest absolute Gasteiger partial charge is 0.130 e. The molecule has 0 bridgehead atoms. The predicted molar refractivity (Wildman–Crippen MR) is 88.5 cm³/mol. The normalized spacial score (nSPS) is 10.2. The molecule has 0 aromatic heterocycles. The summed E-state index contributed by atoms with van der Waals surface area (Å²) in [5.74, 6) is 0.693. The lowest BCUT2D eigenvalue weighted by Gasteiger charge is -2.11. The summed E-state index contributed by atoms with van der Waals surface area (Å²) in [6.07, 6.45) is 0. The van der Waals surface area contributed by atoms with Crippen molar-refractivity contribution in [2.75, 3.05) is 0 Å². The number of hydrogen-bond donors (Lipinski definition) is 1. The van der Waals surface area contributed by atoms with E-state index < -0.39 is 0 Å². The van der Waals surface area contributed by atoms with Crippen LogP contribution in [0.2, 0.25) is 0 Å². The molecular weight excluding hydrogens is 390 g/mol. The van der Waals surface area contributed by atoms with E-state index in [2.05, 4.69) is 31.9 Å². The Kier molecular flexibility index (Phi) is 4.96. The number of rotatable bonds is 4. The summed E-state index contributed by atoms with van der Waals surface area (Å²) < 4.78 is 7.74. The molecule has 0 radical (unpaired) electrons. The highest BCUT2D eigenvalue weighted by Crippen LogP contribution is 2.24. The average molecular weight is 401 g/mol. The Morgan fingerprint density at radius 1 is 1.05 bits per heavy atom. The topological polar surface area (TPSA) is 35.2 Å². The molecule has 0 aliphatic rings. The van der Waals surface area contributed by atoms with Crippen LogP contribution < -0.4 is 10.5 Å². The zero-order valence-electron chi connectivity index (χ0n) is 9.90. The van der Waals surface area contributed by atoms with E-state index in [4.69, 9.17) is 22.7 Å². The predicted octanol–water partition coefficient (Wildman–Crippen LogP) is 4.42. The first-order valence-corrected chi connectivity index (χ1v) is 7.52. The maximum absolute atomic E-state index is 5.78. The lowest BCUT2D eigenvalue weighted by molar-refractivity contribution is 0.305. The maximum atomic E-state index is 5.78. The maximum Gasteiger partial charge on any atom is 0.130 e. The molecule has 0 unspecified atom stereocenters. The second-order valence-electron chi connectivity index (χ2n) is 3.92. The van der Waals surface area contributed by atoms with Crippen LogP contribution in [0.1, 0.15) is 11.1 Å². The van der Waals surface area contributed by atoms with E-state index in [0.29, 0.717) is 17.3 Å². The summed E-state index contributed by atoms with van der Waals surface area (Å²) >= 11 is 11.8. The second-order valence-corrected chi connectivity index (χ2v) is 6.19. The molecule has 2 N–H and O–H groups in total. The van der Waals surface area contributed by atoms with Gasteiger partial charge in [-0.2, -0.15) is 0 Å². The molecular formula is C14H11Br2NOS. The van der Waals surface area contributed by atoms with Crippen LogP contribution in [0.25, 0.3) is 0 Å².